The van der Waals surface area contributed by atoms with Gasteiger partial charge in [0.15, 0.2) is 6.54 Å². The summed E-state index contributed by atoms with van der Waals surface area (Å²) in [7, 11) is 0. The van der Waals surface area contributed by atoms with Crippen molar-refractivity contribution in [1.82, 2.24) is 4.90 Å². The number of aliphatic hydroxyl groups excluding tert-OH is 1. The molecule has 3 N–H and O–H groups in total. The van der Waals surface area contributed by atoms with Crippen molar-refractivity contribution in [1.29, 1.82) is 0 Å². The maximum absolute atomic E-state index is 14.2. The van der Waals surface area contributed by atoms with Gasteiger partial charge in [0.05, 0.1) is 6.61 Å². The number of nitrogens with two attached hydrogens (primary N) is 1. The zero-order valence-corrected chi connectivity index (χ0v) is 17.4. The first kappa shape index (κ1) is 21.0. The van der Waals surface area contributed by atoms with Crippen molar-refractivity contribution in [2.45, 2.75) is 31.2 Å². The van der Waals surface area contributed by atoms with Crippen LogP contribution in [0.15, 0.2) is 36.4 Å². The highest BCUT2D eigenvalue weighted by molar-refractivity contribution is 5.91. The zero-order chi connectivity index (χ0) is 22.4. The average molecular weight is 440 g/mol. The van der Waals surface area contributed by atoms with Crippen LogP contribution in [0.4, 0.5) is 8.78 Å². The molecule has 3 aliphatic rings. The quantitative estimate of drug-likeness (QED) is 0.711. The topological polar surface area (TPSA) is 78.8 Å². The Hall–Kier alpha value is -2.86. The molecule has 32 heavy (non-hydrogen) atoms. The van der Waals surface area contributed by atoms with Crippen molar-refractivity contribution >= 4 is 11.8 Å². The molecule has 2 unspecified atom stereocenters. The van der Waals surface area contributed by atoms with Crippen LogP contribution in [0.25, 0.3) is 0 Å². The van der Waals surface area contributed by atoms with Gasteiger partial charge in [0.1, 0.15) is 29.6 Å². The summed E-state index contributed by atoms with van der Waals surface area (Å²) in [4.78, 5) is 15.1. The lowest BCUT2D eigenvalue weighted by atomic mass is 9.93. The highest BCUT2D eigenvalue weighted by atomic mass is 19.1. The summed E-state index contributed by atoms with van der Waals surface area (Å²) in [6.07, 6.45) is -0.198. The second kappa shape index (κ2) is 8.24. The Morgan fingerprint density at radius 3 is 2.75 bits per heavy atom. The number of amides is 1. The number of ether oxygens (including phenoxy) is 1. The third kappa shape index (κ3) is 3.66. The fourth-order valence-electron chi connectivity index (χ4n) is 5.13. The van der Waals surface area contributed by atoms with Gasteiger partial charge in [-0.15, -0.1) is 4.58 Å². The zero-order valence-electron chi connectivity index (χ0n) is 17.4. The number of carbonyl (C=O) groups excluding carboxylic acids is 1. The van der Waals surface area contributed by atoms with E-state index in [1.165, 1.54) is 4.58 Å². The molecule has 8 heteroatoms. The lowest BCUT2D eigenvalue weighted by Crippen LogP contribution is -2.49. The molecular weight excluding hydrogens is 416 g/mol. The summed E-state index contributed by atoms with van der Waals surface area (Å²) in [5, 5.41) is 10.8. The van der Waals surface area contributed by atoms with Crippen LogP contribution < -0.4 is 5.73 Å². The van der Waals surface area contributed by atoms with Gasteiger partial charge in [0, 0.05) is 36.3 Å². The minimum absolute atomic E-state index is 0.0585. The van der Waals surface area contributed by atoms with Gasteiger partial charge in [-0.3, -0.25) is 4.90 Å². The summed E-state index contributed by atoms with van der Waals surface area (Å²) in [6.45, 7) is 1.62. The number of rotatable bonds is 4. The molecular formula is C24H24F2N3O3+. The van der Waals surface area contributed by atoms with E-state index >= 15 is 0 Å². The smallest absolute Gasteiger partial charge is 0.395 e. The molecule has 2 saturated heterocycles. The van der Waals surface area contributed by atoms with E-state index in [0.29, 0.717) is 32.7 Å². The van der Waals surface area contributed by atoms with Gasteiger partial charge in [-0.05, 0) is 42.8 Å². The number of fused-ring (bicyclic) bond motifs is 1. The summed E-state index contributed by atoms with van der Waals surface area (Å²) in [6, 6.07) is 13.7. The number of hydrogen-bond donors (Lipinski definition) is 2. The van der Waals surface area contributed by atoms with E-state index in [1.54, 1.807) is 12.1 Å². The number of aliphatic hydroxyl groups is 1. The molecule has 5 rings (SSSR count). The number of halogens is 2. The van der Waals surface area contributed by atoms with E-state index in [1.807, 2.05) is 6.07 Å². The Morgan fingerprint density at radius 2 is 2.03 bits per heavy atom. The summed E-state index contributed by atoms with van der Waals surface area (Å²) in [5.41, 5.74) is 7.29. The molecule has 3 aliphatic heterocycles. The van der Waals surface area contributed by atoms with Crippen molar-refractivity contribution < 1.29 is 28.0 Å². The molecule has 0 aliphatic carbocycles. The van der Waals surface area contributed by atoms with E-state index in [4.69, 9.17) is 10.5 Å². The fraction of sp³-hybridized carbons (Fsp3) is 0.417. The van der Waals surface area contributed by atoms with Gasteiger partial charge < -0.3 is 15.6 Å². The molecule has 0 aromatic heterocycles. The lowest BCUT2D eigenvalue weighted by Gasteiger charge is -2.38. The Balaban J connectivity index is 1.26. The van der Waals surface area contributed by atoms with Crippen LogP contribution in [-0.4, -0.2) is 58.2 Å². The second-order valence-corrected chi connectivity index (χ2v) is 8.76. The molecule has 5 atom stereocenters. The minimum atomic E-state index is -0.721. The van der Waals surface area contributed by atoms with E-state index < -0.39 is 23.8 Å². The van der Waals surface area contributed by atoms with Gasteiger partial charge in [-0.25, -0.2) is 13.6 Å². The Morgan fingerprint density at radius 1 is 1.22 bits per heavy atom. The van der Waals surface area contributed by atoms with Crippen LogP contribution in [0.5, 0.6) is 0 Å². The first-order chi connectivity index (χ1) is 15.4. The van der Waals surface area contributed by atoms with Crippen molar-refractivity contribution in [3.63, 3.8) is 0 Å². The highest BCUT2D eigenvalue weighted by Crippen LogP contribution is 2.36. The van der Waals surface area contributed by atoms with Crippen molar-refractivity contribution in [2.24, 2.45) is 17.6 Å². The monoisotopic (exact) mass is 440 g/mol. The van der Waals surface area contributed by atoms with E-state index in [0.717, 1.165) is 23.8 Å². The summed E-state index contributed by atoms with van der Waals surface area (Å²) in [5.74, 6) is -1.66. The first-order valence-corrected chi connectivity index (χ1v) is 10.7. The third-order valence-corrected chi connectivity index (χ3v) is 6.78. The molecule has 2 fully saturated rings. The average Bonchev–Trinajstić information content (AvgIpc) is 3.32. The van der Waals surface area contributed by atoms with Crippen molar-refractivity contribution in [3.8, 4) is 0 Å². The largest absolute Gasteiger partial charge is 0.463 e. The standard InChI is InChI=1S/C24H23F2N3O3/c25-15-6-7-20(26)17(8-15)22-21(27)9-16(13-32-22)28-11-18-19(12-28)24(31)29(23(18)30)10-14-4-2-1-3-5-14/h2,4-8,16,18-19,21-22H,9-13,27H2/p+1/t16-,18?,19?,21+,22-/m1/s1. The summed E-state index contributed by atoms with van der Waals surface area (Å²) >= 11 is 0. The molecule has 6 nitrogen and oxygen atoms in total. The predicted molar refractivity (Wildman–Crippen MR) is 111 cm³/mol. The number of benzene rings is 1. The number of carbonyl (C=O) groups is 1. The summed E-state index contributed by atoms with van der Waals surface area (Å²) < 4.78 is 35.1. The first-order valence-electron chi connectivity index (χ1n) is 10.7. The third-order valence-electron chi connectivity index (χ3n) is 6.78. The number of likely N-dealkylation sites (tertiary alicyclic amines) is 1. The molecule has 3 heterocycles. The van der Waals surface area contributed by atoms with Gasteiger partial charge in [-0.1, -0.05) is 12.1 Å². The SMILES string of the molecule is N[C@H]1C[C@@H](N2CC3C(=O)[N+](Cc4cc#ccc4)=C(O)C3C2)CO[C@@H]1c1cc(F)ccc1F. The van der Waals surface area contributed by atoms with Crippen molar-refractivity contribution in [3.05, 3.63) is 71.3 Å². The molecule has 0 saturated carbocycles. The molecule has 2 aromatic carbocycles. The molecule has 0 bridgehead atoms. The van der Waals surface area contributed by atoms with E-state index in [2.05, 4.69) is 17.0 Å². The maximum Gasteiger partial charge on any atom is 0.395 e. The van der Waals surface area contributed by atoms with Gasteiger partial charge in [-0.2, -0.15) is 0 Å². The highest BCUT2D eigenvalue weighted by Gasteiger charge is 2.56. The van der Waals surface area contributed by atoms with E-state index in [-0.39, 0.29) is 35.2 Å². The van der Waals surface area contributed by atoms with Crippen molar-refractivity contribution in [2.75, 3.05) is 19.7 Å². The normalized spacial score (nSPS) is 30.5. The van der Waals surface area contributed by atoms with Crippen LogP contribution in [0.3, 0.4) is 0 Å². The van der Waals surface area contributed by atoms with E-state index in [9.17, 15) is 18.7 Å². The molecule has 0 radical (unpaired) electrons. The van der Waals surface area contributed by atoms with Crippen LogP contribution in [-0.2, 0) is 16.1 Å². The Labute approximate surface area is 184 Å². The fourth-order valence-corrected chi connectivity index (χ4v) is 5.13. The van der Waals surface area contributed by atoms with Gasteiger partial charge in [0.25, 0.3) is 0 Å². The Kier molecular flexibility index (Phi) is 5.41. The molecule has 1 amide bonds. The van der Waals surface area contributed by atoms with Crippen LogP contribution in [0, 0.1) is 35.6 Å². The molecule has 2 aromatic rings. The minimum Gasteiger partial charge on any atom is -0.463 e. The number of hydrogen-bond acceptors (Lipinski definition) is 4. The second-order valence-electron chi connectivity index (χ2n) is 8.76. The van der Waals surface area contributed by atoms with Gasteiger partial charge in [0.2, 0.25) is 0 Å². The Bertz CT molecular complexity index is 1060. The maximum atomic E-state index is 14.2. The lowest BCUT2D eigenvalue weighted by molar-refractivity contribution is -0.469. The van der Waals surface area contributed by atoms with Crippen LogP contribution in [0.2, 0.25) is 0 Å². The van der Waals surface area contributed by atoms with Gasteiger partial charge >= 0.3 is 11.8 Å². The number of nitrogens with zero attached hydrogens (tertiary/aromatic N) is 2. The molecule has 166 valence electrons. The molecule has 0 spiro atoms. The predicted octanol–water partition coefficient (Wildman–Crippen LogP) is 1.98. The van der Waals surface area contributed by atoms with Crippen LogP contribution in [0.1, 0.15) is 23.7 Å². The van der Waals surface area contributed by atoms with Crippen LogP contribution >= 0.6 is 0 Å².